The lowest BCUT2D eigenvalue weighted by Crippen LogP contribution is -2.29. The van der Waals surface area contributed by atoms with E-state index in [-0.39, 0.29) is 18.9 Å². The first-order valence-electron chi connectivity index (χ1n) is 6.25. The van der Waals surface area contributed by atoms with E-state index in [2.05, 4.69) is 0 Å². The summed E-state index contributed by atoms with van der Waals surface area (Å²) in [4.78, 5) is 13.1. The zero-order valence-electron chi connectivity index (χ0n) is 11.1. The van der Waals surface area contributed by atoms with E-state index in [0.29, 0.717) is 18.7 Å². The van der Waals surface area contributed by atoms with Gasteiger partial charge in [-0.15, -0.1) is 3.89 Å². The highest BCUT2D eigenvalue weighted by molar-refractivity contribution is 7.87. The van der Waals surface area contributed by atoms with Gasteiger partial charge in [0.25, 0.3) is 0 Å². The van der Waals surface area contributed by atoms with Crippen molar-refractivity contribution in [3.8, 4) is 5.75 Å². The van der Waals surface area contributed by atoms with E-state index in [4.69, 9.17) is 4.74 Å². The Morgan fingerprint density at radius 2 is 2.10 bits per heavy atom. The van der Waals surface area contributed by atoms with Crippen molar-refractivity contribution in [2.24, 2.45) is 0 Å². The number of ether oxygens (including phenoxy) is 1. The Balaban J connectivity index is 2.00. The summed E-state index contributed by atoms with van der Waals surface area (Å²) in [6.45, 7) is 0.276. The molecule has 1 aliphatic rings. The average molecular weight is 301 g/mol. The van der Waals surface area contributed by atoms with Crippen molar-refractivity contribution in [2.45, 2.75) is 18.1 Å². The number of benzene rings is 1. The third-order valence-corrected chi connectivity index (χ3v) is 4.53. The average Bonchev–Trinajstić information content (AvgIpc) is 2.78. The monoisotopic (exact) mass is 301 g/mol. The van der Waals surface area contributed by atoms with Crippen LogP contribution in [-0.2, 0) is 21.4 Å². The summed E-state index contributed by atoms with van der Waals surface area (Å²) in [5, 5.41) is -1.23. The number of para-hydroxylation sites is 1. The minimum atomic E-state index is -4.65. The van der Waals surface area contributed by atoms with Crippen LogP contribution in [0.15, 0.2) is 24.3 Å². The highest BCUT2D eigenvalue weighted by atomic mass is 32.3. The Morgan fingerprint density at radius 3 is 2.70 bits per heavy atom. The van der Waals surface area contributed by atoms with E-state index in [0.717, 1.165) is 5.56 Å². The molecule has 20 heavy (non-hydrogen) atoms. The van der Waals surface area contributed by atoms with Crippen molar-refractivity contribution < 1.29 is 21.8 Å². The summed E-state index contributed by atoms with van der Waals surface area (Å²) in [6, 6.07) is 7.40. The molecule has 1 aromatic rings. The molecule has 7 heteroatoms. The summed E-state index contributed by atoms with van der Waals surface area (Å²) >= 11 is 0. The molecule has 0 spiro atoms. The van der Waals surface area contributed by atoms with Crippen molar-refractivity contribution in [3.63, 3.8) is 0 Å². The van der Waals surface area contributed by atoms with Gasteiger partial charge < -0.3 is 9.64 Å². The Bertz CT molecular complexity index is 602. The molecule has 1 fully saturated rings. The van der Waals surface area contributed by atoms with Gasteiger partial charge in [-0.05, 0) is 18.1 Å². The second kappa shape index (κ2) is 5.78. The molecule has 0 saturated carbocycles. The molecule has 1 aromatic carbocycles. The van der Waals surface area contributed by atoms with Gasteiger partial charge in [-0.1, -0.05) is 18.2 Å². The van der Waals surface area contributed by atoms with E-state index in [1.54, 1.807) is 7.11 Å². The van der Waals surface area contributed by atoms with Crippen molar-refractivity contribution >= 4 is 16.1 Å². The Kier molecular flexibility index (Phi) is 4.27. The van der Waals surface area contributed by atoms with E-state index in [1.807, 2.05) is 24.3 Å². The van der Waals surface area contributed by atoms with Crippen LogP contribution in [0.4, 0.5) is 3.89 Å². The first kappa shape index (κ1) is 14.8. The number of hydrogen-bond acceptors (Lipinski definition) is 4. The van der Waals surface area contributed by atoms with Gasteiger partial charge in [0.1, 0.15) is 11.0 Å². The minimum absolute atomic E-state index is 0.0766. The van der Waals surface area contributed by atoms with Crippen LogP contribution in [0, 0.1) is 0 Å². The number of hydrogen-bond donors (Lipinski definition) is 0. The molecule has 0 aliphatic carbocycles. The molecule has 1 saturated heterocycles. The fourth-order valence-corrected chi connectivity index (χ4v) is 3.01. The molecule has 1 unspecified atom stereocenters. The number of amides is 1. The van der Waals surface area contributed by atoms with Crippen molar-refractivity contribution in [1.82, 2.24) is 4.90 Å². The molecule has 0 bridgehead atoms. The molecule has 1 amide bonds. The minimum Gasteiger partial charge on any atom is -0.496 e. The van der Waals surface area contributed by atoms with Gasteiger partial charge in [-0.3, -0.25) is 4.79 Å². The summed E-state index contributed by atoms with van der Waals surface area (Å²) in [7, 11) is -3.09. The summed E-state index contributed by atoms with van der Waals surface area (Å²) in [5.74, 6) is 0.389. The Morgan fingerprint density at radius 1 is 1.40 bits per heavy atom. The topological polar surface area (TPSA) is 63.7 Å². The van der Waals surface area contributed by atoms with Crippen LogP contribution in [0.1, 0.15) is 12.0 Å². The summed E-state index contributed by atoms with van der Waals surface area (Å²) < 4.78 is 39.8. The predicted octanol–water partition coefficient (Wildman–Crippen LogP) is 1.14. The van der Waals surface area contributed by atoms with Crippen molar-refractivity contribution in [1.29, 1.82) is 0 Å². The SMILES string of the molecule is COc1ccccc1CCN1CC(S(=O)(=O)F)CC1=O. The largest absolute Gasteiger partial charge is 0.496 e. The fraction of sp³-hybridized carbons (Fsp3) is 0.462. The maximum absolute atomic E-state index is 12.9. The molecule has 0 aromatic heterocycles. The number of likely N-dealkylation sites (tertiary alicyclic amines) is 1. The quantitative estimate of drug-likeness (QED) is 0.765. The van der Waals surface area contributed by atoms with E-state index in [9.17, 15) is 17.1 Å². The molecule has 0 N–H and O–H groups in total. The van der Waals surface area contributed by atoms with Gasteiger partial charge in [0.2, 0.25) is 5.91 Å². The number of nitrogens with zero attached hydrogens (tertiary/aromatic N) is 1. The van der Waals surface area contributed by atoms with Crippen LogP contribution in [0.25, 0.3) is 0 Å². The molecular weight excluding hydrogens is 285 g/mol. The number of carbonyl (C=O) groups is 1. The van der Waals surface area contributed by atoms with Gasteiger partial charge in [-0.25, -0.2) is 0 Å². The van der Waals surface area contributed by atoms with Crippen LogP contribution < -0.4 is 4.74 Å². The van der Waals surface area contributed by atoms with E-state index >= 15 is 0 Å². The van der Waals surface area contributed by atoms with Crippen LogP contribution in [0.3, 0.4) is 0 Å². The van der Waals surface area contributed by atoms with Crippen molar-refractivity contribution in [3.05, 3.63) is 29.8 Å². The molecular formula is C13H16FNO4S. The highest BCUT2D eigenvalue weighted by Crippen LogP contribution is 2.22. The van der Waals surface area contributed by atoms with Crippen LogP contribution in [0.5, 0.6) is 5.75 Å². The molecule has 0 radical (unpaired) electrons. The predicted molar refractivity (Wildman–Crippen MR) is 71.7 cm³/mol. The molecule has 2 rings (SSSR count). The molecule has 1 aliphatic heterocycles. The zero-order chi connectivity index (χ0) is 14.8. The lowest BCUT2D eigenvalue weighted by Gasteiger charge is -2.16. The Hall–Kier alpha value is -1.63. The molecule has 1 atom stereocenters. The van der Waals surface area contributed by atoms with Crippen LogP contribution in [-0.4, -0.2) is 44.7 Å². The number of halogens is 1. The second-order valence-corrected chi connectivity index (χ2v) is 6.32. The van der Waals surface area contributed by atoms with E-state index in [1.165, 1.54) is 4.90 Å². The van der Waals surface area contributed by atoms with Gasteiger partial charge >= 0.3 is 10.2 Å². The van der Waals surface area contributed by atoms with E-state index < -0.39 is 15.5 Å². The van der Waals surface area contributed by atoms with Gasteiger partial charge in [-0.2, -0.15) is 8.42 Å². The third kappa shape index (κ3) is 3.27. The normalized spacial score (nSPS) is 19.4. The van der Waals surface area contributed by atoms with Crippen molar-refractivity contribution in [2.75, 3.05) is 20.2 Å². The van der Waals surface area contributed by atoms with Crippen LogP contribution in [0.2, 0.25) is 0 Å². The van der Waals surface area contributed by atoms with Gasteiger partial charge in [0, 0.05) is 19.5 Å². The zero-order valence-corrected chi connectivity index (χ0v) is 11.9. The van der Waals surface area contributed by atoms with Gasteiger partial charge in [0.15, 0.2) is 0 Å². The first-order valence-corrected chi connectivity index (χ1v) is 7.69. The van der Waals surface area contributed by atoms with Gasteiger partial charge in [0.05, 0.1) is 7.11 Å². The first-order chi connectivity index (χ1) is 9.41. The fourth-order valence-electron chi connectivity index (χ4n) is 2.31. The smallest absolute Gasteiger partial charge is 0.307 e. The number of rotatable bonds is 5. The maximum atomic E-state index is 12.9. The standard InChI is InChI=1S/C13H16FNO4S/c1-19-12-5-3-2-4-10(12)6-7-15-9-11(8-13(15)16)20(14,17)18/h2-5,11H,6-9H2,1H3. The maximum Gasteiger partial charge on any atom is 0.307 e. The molecule has 110 valence electrons. The molecule has 5 nitrogen and oxygen atoms in total. The summed E-state index contributed by atoms with van der Waals surface area (Å²) in [6.07, 6.45) is 0.263. The van der Waals surface area contributed by atoms with Crippen LogP contribution >= 0.6 is 0 Å². The Labute approximate surface area is 117 Å². The lowest BCUT2D eigenvalue weighted by molar-refractivity contribution is -0.127. The second-order valence-electron chi connectivity index (χ2n) is 4.70. The lowest BCUT2D eigenvalue weighted by atomic mass is 10.1. The molecule has 1 heterocycles. The third-order valence-electron chi connectivity index (χ3n) is 3.42. The highest BCUT2D eigenvalue weighted by Gasteiger charge is 2.38. The number of carbonyl (C=O) groups excluding carboxylic acids is 1. The summed E-state index contributed by atoms with van der Waals surface area (Å²) in [5.41, 5.74) is 0.925. The number of methoxy groups -OCH3 is 1.